The smallest absolute Gasteiger partial charge is 0.234 e. The van der Waals surface area contributed by atoms with Gasteiger partial charge in [-0.15, -0.1) is 0 Å². The predicted octanol–water partition coefficient (Wildman–Crippen LogP) is 2.69. The average molecular weight is 433 g/mol. The molecule has 1 aliphatic heterocycles. The first-order chi connectivity index (χ1) is 14.1. The molecule has 7 nitrogen and oxygen atoms in total. The third kappa shape index (κ3) is 4.48. The van der Waals surface area contributed by atoms with Crippen LogP contribution < -0.4 is 10.6 Å². The highest BCUT2D eigenvalue weighted by molar-refractivity contribution is 6.31. The highest BCUT2D eigenvalue weighted by atomic mass is 35.5. The van der Waals surface area contributed by atoms with Crippen molar-refractivity contribution < 1.29 is 18.8 Å². The van der Waals surface area contributed by atoms with Crippen molar-refractivity contribution in [3.05, 3.63) is 57.9 Å². The Hall–Kier alpha value is -2.87. The number of rotatable bonds is 5. The Labute approximate surface area is 178 Å². The first-order valence-electron chi connectivity index (χ1n) is 9.48. The summed E-state index contributed by atoms with van der Waals surface area (Å²) in [5.74, 6) is -2.36. The number of amides is 3. The highest BCUT2D eigenvalue weighted by Gasteiger charge is 2.34. The number of carbonyl (C=O) groups excluding carboxylic acids is 3. The molecule has 30 heavy (non-hydrogen) atoms. The first-order valence-corrected chi connectivity index (χ1v) is 9.86. The molecule has 1 atom stereocenters. The lowest BCUT2D eigenvalue weighted by molar-refractivity contribution is -0.134. The highest BCUT2D eigenvalue weighted by Crippen LogP contribution is 2.33. The molecule has 0 spiro atoms. The van der Waals surface area contributed by atoms with E-state index >= 15 is 0 Å². The fourth-order valence-corrected chi connectivity index (χ4v) is 3.62. The summed E-state index contributed by atoms with van der Waals surface area (Å²) in [5, 5.41) is 5.03. The summed E-state index contributed by atoms with van der Waals surface area (Å²) >= 11 is 6.25. The normalized spacial score (nSPS) is 16.9. The fourth-order valence-electron chi connectivity index (χ4n) is 3.26. The van der Waals surface area contributed by atoms with Gasteiger partial charge in [0.05, 0.1) is 5.92 Å². The Kier molecular flexibility index (Phi) is 6.17. The van der Waals surface area contributed by atoms with Gasteiger partial charge in [0.2, 0.25) is 17.7 Å². The molecule has 1 saturated heterocycles. The minimum absolute atomic E-state index is 0.0421. The van der Waals surface area contributed by atoms with Crippen LogP contribution in [0, 0.1) is 12.7 Å². The van der Waals surface area contributed by atoms with Gasteiger partial charge in [-0.2, -0.15) is 0 Å². The second-order valence-electron chi connectivity index (χ2n) is 7.87. The van der Waals surface area contributed by atoms with Crippen LogP contribution >= 0.6 is 11.6 Å². The molecule has 3 rings (SSSR count). The molecule has 1 fully saturated rings. The molecular weight excluding hydrogens is 411 g/mol. The lowest BCUT2D eigenvalue weighted by Gasteiger charge is -2.24. The number of halogens is 2. The molecule has 2 aromatic rings. The van der Waals surface area contributed by atoms with Crippen molar-refractivity contribution in [2.24, 2.45) is 0 Å². The number of hydrogen-bond acceptors (Lipinski definition) is 5. The number of aryl methyl sites for hydroxylation is 1. The zero-order valence-electron chi connectivity index (χ0n) is 16.9. The van der Waals surface area contributed by atoms with Gasteiger partial charge in [-0.25, -0.2) is 14.4 Å². The molecule has 1 aromatic carbocycles. The number of piperidine rings is 1. The SMILES string of the molecule is Cc1cnc(C(C)(C)C(=O)NCc2cc(F)c(C3CCC(=O)NC3=O)c(Cl)c2)nc1. The second-order valence-corrected chi connectivity index (χ2v) is 8.28. The Morgan fingerprint density at radius 3 is 2.57 bits per heavy atom. The van der Waals surface area contributed by atoms with E-state index in [0.717, 1.165) is 5.56 Å². The summed E-state index contributed by atoms with van der Waals surface area (Å²) in [5.41, 5.74) is 0.409. The minimum Gasteiger partial charge on any atom is -0.351 e. The van der Waals surface area contributed by atoms with Gasteiger partial charge in [-0.05, 0) is 50.5 Å². The van der Waals surface area contributed by atoms with Gasteiger partial charge in [-0.1, -0.05) is 11.6 Å². The van der Waals surface area contributed by atoms with Gasteiger partial charge in [-0.3, -0.25) is 19.7 Å². The topological polar surface area (TPSA) is 101 Å². The van der Waals surface area contributed by atoms with Crippen LogP contribution in [-0.4, -0.2) is 27.7 Å². The molecule has 1 aromatic heterocycles. The van der Waals surface area contributed by atoms with Crippen LogP contribution in [0.15, 0.2) is 24.5 Å². The molecule has 0 aliphatic carbocycles. The zero-order chi connectivity index (χ0) is 22.1. The van der Waals surface area contributed by atoms with E-state index in [9.17, 15) is 18.8 Å². The van der Waals surface area contributed by atoms with Gasteiger partial charge in [0, 0.05) is 35.9 Å². The minimum atomic E-state index is -0.983. The van der Waals surface area contributed by atoms with Crippen molar-refractivity contribution in [2.45, 2.75) is 51.5 Å². The number of benzene rings is 1. The molecule has 0 bridgehead atoms. The fraction of sp³-hybridized carbons (Fsp3) is 0.381. The van der Waals surface area contributed by atoms with Crippen molar-refractivity contribution >= 4 is 29.3 Å². The van der Waals surface area contributed by atoms with Gasteiger partial charge in [0.25, 0.3) is 0 Å². The molecule has 3 amide bonds. The van der Waals surface area contributed by atoms with E-state index in [-0.39, 0.29) is 41.8 Å². The summed E-state index contributed by atoms with van der Waals surface area (Å²) in [7, 11) is 0. The summed E-state index contributed by atoms with van der Waals surface area (Å²) in [6.07, 6.45) is 3.60. The van der Waals surface area contributed by atoms with E-state index in [0.29, 0.717) is 11.4 Å². The van der Waals surface area contributed by atoms with Gasteiger partial charge >= 0.3 is 0 Å². The second kappa shape index (κ2) is 8.47. The molecule has 158 valence electrons. The van der Waals surface area contributed by atoms with Crippen LogP contribution in [0.3, 0.4) is 0 Å². The van der Waals surface area contributed by atoms with Crippen LogP contribution in [-0.2, 0) is 26.3 Å². The van der Waals surface area contributed by atoms with Crippen LogP contribution in [0.1, 0.15) is 55.1 Å². The maximum Gasteiger partial charge on any atom is 0.234 e. The number of carbonyl (C=O) groups is 3. The van der Waals surface area contributed by atoms with Crippen molar-refractivity contribution in [1.82, 2.24) is 20.6 Å². The standard InChI is InChI=1S/C21H22ClFN4O3/c1-11-8-24-19(25-9-11)21(2,3)20(30)26-10-12-6-14(22)17(15(23)7-12)13-4-5-16(28)27-18(13)29/h6-9,13H,4-5,10H2,1-3H3,(H,26,30)(H,27,28,29). The van der Waals surface area contributed by atoms with E-state index in [1.165, 1.54) is 12.1 Å². The molecule has 0 saturated carbocycles. The number of aromatic nitrogens is 2. The van der Waals surface area contributed by atoms with Gasteiger partial charge in [0.15, 0.2) is 0 Å². The quantitative estimate of drug-likeness (QED) is 0.707. The number of imide groups is 1. The molecule has 0 radical (unpaired) electrons. The van der Waals surface area contributed by atoms with E-state index in [4.69, 9.17) is 11.6 Å². The zero-order valence-corrected chi connectivity index (χ0v) is 17.6. The third-order valence-corrected chi connectivity index (χ3v) is 5.40. The Morgan fingerprint density at radius 1 is 1.30 bits per heavy atom. The lowest BCUT2D eigenvalue weighted by Crippen LogP contribution is -2.41. The van der Waals surface area contributed by atoms with E-state index < -0.39 is 23.1 Å². The van der Waals surface area contributed by atoms with Crippen LogP contribution in [0.2, 0.25) is 5.02 Å². The third-order valence-electron chi connectivity index (χ3n) is 5.09. The van der Waals surface area contributed by atoms with E-state index in [1.807, 2.05) is 6.92 Å². The summed E-state index contributed by atoms with van der Waals surface area (Å²) in [6, 6.07) is 2.75. The molecule has 1 unspecified atom stereocenters. The van der Waals surface area contributed by atoms with Crippen molar-refractivity contribution in [1.29, 1.82) is 0 Å². The number of nitrogens with zero attached hydrogens (tertiary/aromatic N) is 2. The van der Waals surface area contributed by atoms with Crippen LogP contribution in [0.5, 0.6) is 0 Å². The van der Waals surface area contributed by atoms with Crippen molar-refractivity contribution in [3.8, 4) is 0 Å². The van der Waals surface area contributed by atoms with Crippen LogP contribution in [0.25, 0.3) is 0 Å². The monoisotopic (exact) mass is 432 g/mol. The summed E-state index contributed by atoms with van der Waals surface area (Å²) in [6.45, 7) is 5.30. The van der Waals surface area contributed by atoms with Gasteiger partial charge in [0.1, 0.15) is 17.1 Å². The molecule has 2 N–H and O–H groups in total. The Morgan fingerprint density at radius 2 is 1.97 bits per heavy atom. The molecule has 1 aliphatic rings. The maximum atomic E-state index is 14.7. The lowest BCUT2D eigenvalue weighted by atomic mass is 9.89. The molecular formula is C21H22ClFN4O3. The molecule has 2 heterocycles. The van der Waals surface area contributed by atoms with Gasteiger partial charge < -0.3 is 5.32 Å². The van der Waals surface area contributed by atoms with E-state index in [1.54, 1.807) is 26.2 Å². The summed E-state index contributed by atoms with van der Waals surface area (Å²) in [4.78, 5) is 44.5. The predicted molar refractivity (Wildman–Crippen MR) is 108 cm³/mol. The Balaban J connectivity index is 1.73. The molecule has 9 heteroatoms. The maximum absolute atomic E-state index is 14.7. The number of nitrogens with one attached hydrogen (secondary N) is 2. The number of hydrogen-bond donors (Lipinski definition) is 2. The summed E-state index contributed by atoms with van der Waals surface area (Å²) < 4.78 is 14.7. The van der Waals surface area contributed by atoms with Crippen molar-refractivity contribution in [3.63, 3.8) is 0 Å². The van der Waals surface area contributed by atoms with Crippen molar-refractivity contribution in [2.75, 3.05) is 0 Å². The Bertz CT molecular complexity index is 985. The van der Waals surface area contributed by atoms with Crippen LogP contribution in [0.4, 0.5) is 4.39 Å². The van der Waals surface area contributed by atoms with E-state index in [2.05, 4.69) is 20.6 Å². The average Bonchev–Trinajstić information content (AvgIpc) is 2.67. The largest absolute Gasteiger partial charge is 0.351 e. The first kappa shape index (κ1) is 21.8.